The van der Waals surface area contributed by atoms with Crippen LogP contribution in [0.15, 0.2) is 133 Å². The van der Waals surface area contributed by atoms with Crippen molar-refractivity contribution in [2.24, 2.45) is 0 Å². The van der Waals surface area contributed by atoms with Crippen molar-refractivity contribution in [2.45, 2.75) is 83.5 Å². The maximum absolute atomic E-state index is 5.86. The summed E-state index contributed by atoms with van der Waals surface area (Å²) >= 11 is 0. The average Bonchev–Trinajstić information content (AvgIpc) is 3.53. The van der Waals surface area contributed by atoms with E-state index in [2.05, 4.69) is 147 Å². The average molecular weight is 773 g/mol. The van der Waals surface area contributed by atoms with Gasteiger partial charge in [0.15, 0.2) is 0 Å². The van der Waals surface area contributed by atoms with Crippen molar-refractivity contribution in [2.75, 3.05) is 11.5 Å². The predicted molar refractivity (Wildman–Crippen MR) is 260 cm³/mol. The maximum atomic E-state index is 5.86. The molecule has 6 aromatic carbocycles. The fourth-order valence-corrected chi connectivity index (χ4v) is 8.53. The summed E-state index contributed by atoms with van der Waals surface area (Å²) in [6.45, 7) is 4.63. The molecule has 0 unspecified atom stereocenters. The molecule has 0 atom stereocenters. The first-order valence-corrected chi connectivity index (χ1v) is 21.9. The van der Waals surface area contributed by atoms with Crippen LogP contribution in [0, 0.1) is 0 Å². The molecule has 0 bridgehead atoms. The van der Waals surface area contributed by atoms with Gasteiger partial charge in [0, 0.05) is 16.8 Å². The standard InChI is InChI=1S/C57H60N2/c1-3-5-7-9-39-57(40-10-8-6-4-2)55-41-49(25-23-45-15-11-43(12-16-45)19-21-47-27-33-51(58)34-28-47)31-37-53(55)54-38-32-50(42-56(54)57)26-24-46-17-13-44(14-18-46)20-22-48-29-35-52(59)36-30-48/h11-38,41-42H,3-10,39-40,58-59H2,1-2H3/b21-19+,22-20+,25-23+,26-24+. The van der Waals surface area contributed by atoms with Gasteiger partial charge in [0.25, 0.3) is 0 Å². The largest absolute Gasteiger partial charge is 0.399 e. The normalized spacial score (nSPS) is 13.3. The van der Waals surface area contributed by atoms with Crippen molar-refractivity contribution in [3.8, 4) is 11.1 Å². The molecule has 0 saturated heterocycles. The molecular formula is C57H60N2. The van der Waals surface area contributed by atoms with Gasteiger partial charge in [0.2, 0.25) is 0 Å². The van der Waals surface area contributed by atoms with Gasteiger partial charge in [-0.25, -0.2) is 0 Å². The summed E-state index contributed by atoms with van der Waals surface area (Å²) in [5, 5.41) is 0. The van der Waals surface area contributed by atoms with E-state index in [1.807, 2.05) is 48.5 Å². The van der Waals surface area contributed by atoms with E-state index in [1.165, 1.54) is 120 Å². The zero-order chi connectivity index (χ0) is 40.9. The third kappa shape index (κ3) is 10.7. The Labute approximate surface area is 353 Å². The van der Waals surface area contributed by atoms with Gasteiger partial charge >= 0.3 is 0 Å². The lowest BCUT2D eigenvalue weighted by molar-refractivity contribution is 0.401. The number of benzene rings is 6. The Hall–Kier alpha value is -6.12. The molecule has 6 aromatic rings. The Morgan fingerprint density at radius 2 is 0.610 bits per heavy atom. The minimum absolute atomic E-state index is 0.0107. The highest BCUT2D eigenvalue weighted by Crippen LogP contribution is 2.55. The van der Waals surface area contributed by atoms with Gasteiger partial charge in [-0.15, -0.1) is 0 Å². The summed E-state index contributed by atoms with van der Waals surface area (Å²) < 4.78 is 0. The molecule has 0 aromatic heterocycles. The second-order valence-electron chi connectivity index (χ2n) is 16.3. The lowest BCUT2D eigenvalue weighted by Gasteiger charge is -2.33. The van der Waals surface area contributed by atoms with Gasteiger partial charge in [-0.1, -0.05) is 223 Å². The minimum atomic E-state index is 0.0107. The molecule has 2 heteroatoms. The van der Waals surface area contributed by atoms with Crippen LogP contribution in [0.1, 0.15) is 134 Å². The van der Waals surface area contributed by atoms with Crippen LogP contribution in [0.2, 0.25) is 0 Å². The van der Waals surface area contributed by atoms with Gasteiger partial charge in [-0.3, -0.25) is 0 Å². The predicted octanol–water partition coefficient (Wildman–Crippen LogP) is 15.7. The van der Waals surface area contributed by atoms with Crippen molar-refractivity contribution >= 4 is 60.0 Å². The number of rotatable bonds is 18. The molecule has 298 valence electrons. The summed E-state index contributed by atoms with van der Waals surface area (Å²) in [6, 6.07) is 48.0. The first kappa shape index (κ1) is 41.1. The van der Waals surface area contributed by atoms with E-state index < -0.39 is 0 Å². The van der Waals surface area contributed by atoms with E-state index in [-0.39, 0.29) is 5.41 Å². The van der Waals surface area contributed by atoms with Gasteiger partial charge in [0.1, 0.15) is 0 Å². The van der Waals surface area contributed by atoms with Crippen LogP contribution >= 0.6 is 0 Å². The van der Waals surface area contributed by atoms with Gasteiger partial charge in [0.05, 0.1) is 0 Å². The van der Waals surface area contributed by atoms with E-state index in [4.69, 9.17) is 11.5 Å². The van der Waals surface area contributed by atoms with Crippen molar-refractivity contribution in [3.05, 3.63) is 189 Å². The summed E-state index contributed by atoms with van der Waals surface area (Å²) in [5.41, 5.74) is 28.7. The zero-order valence-corrected chi connectivity index (χ0v) is 35.0. The number of nitrogen functional groups attached to an aromatic ring is 2. The Kier molecular flexibility index (Phi) is 13.9. The molecule has 2 nitrogen and oxygen atoms in total. The fourth-order valence-electron chi connectivity index (χ4n) is 8.53. The molecule has 0 aliphatic heterocycles. The lowest BCUT2D eigenvalue weighted by atomic mass is 9.70. The van der Waals surface area contributed by atoms with Gasteiger partial charge < -0.3 is 11.5 Å². The number of hydrogen-bond donors (Lipinski definition) is 2. The second kappa shape index (κ2) is 20.0. The highest BCUT2D eigenvalue weighted by Gasteiger charge is 2.42. The molecule has 1 aliphatic rings. The van der Waals surface area contributed by atoms with Crippen molar-refractivity contribution < 1.29 is 0 Å². The quantitative estimate of drug-likeness (QED) is 0.0519. The van der Waals surface area contributed by atoms with E-state index in [9.17, 15) is 0 Å². The first-order chi connectivity index (χ1) is 28.9. The van der Waals surface area contributed by atoms with Crippen LogP contribution in [-0.2, 0) is 5.41 Å². The van der Waals surface area contributed by atoms with Crippen molar-refractivity contribution in [3.63, 3.8) is 0 Å². The van der Waals surface area contributed by atoms with Crippen LogP contribution in [0.25, 0.3) is 59.7 Å². The van der Waals surface area contributed by atoms with Gasteiger partial charge in [-0.2, -0.15) is 0 Å². The lowest BCUT2D eigenvalue weighted by Crippen LogP contribution is -2.25. The zero-order valence-electron chi connectivity index (χ0n) is 35.0. The molecule has 1 aliphatic carbocycles. The molecule has 0 saturated carbocycles. The van der Waals surface area contributed by atoms with E-state index in [1.54, 1.807) is 0 Å². The summed E-state index contributed by atoms with van der Waals surface area (Å²) in [7, 11) is 0. The van der Waals surface area contributed by atoms with Crippen LogP contribution in [-0.4, -0.2) is 0 Å². The molecule has 0 radical (unpaired) electrons. The van der Waals surface area contributed by atoms with Crippen LogP contribution < -0.4 is 11.5 Å². The highest BCUT2D eigenvalue weighted by atomic mass is 14.5. The van der Waals surface area contributed by atoms with Crippen molar-refractivity contribution in [1.29, 1.82) is 0 Å². The number of nitrogens with two attached hydrogens (primary N) is 2. The Balaban J connectivity index is 1.14. The SMILES string of the molecule is CCCCCCC1(CCCCCC)c2cc(/C=C/c3ccc(/C=C/c4ccc(N)cc4)cc3)ccc2-c2ccc(/C=C/c3ccc(/C=C/c4ccc(N)cc4)cc3)cc21. The molecule has 4 N–H and O–H groups in total. The second-order valence-corrected chi connectivity index (χ2v) is 16.3. The van der Waals surface area contributed by atoms with E-state index in [0.717, 1.165) is 22.5 Å². The van der Waals surface area contributed by atoms with E-state index >= 15 is 0 Å². The molecule has 0 heterocycles. The number of anilines is 2. The highest BCUT2D eigenvalue weighted by molar-refractivity contribution is 5.85. The molecule has 59 heavy (non-hydrogen) atoms. The monoisotopic (exact) mass is 772 g/mol. The topological polar surface area (TPSA) is 52.0 Å². The van der Waals surface area contributed by atoms with Crippen molar-refractivity contribution in [1.82, 2.24) is 0 Å². The number of unbranched alkanes of at least 4 members (excludes halogenated alkanes) is 6. The van der Waals surface area contributed by atoms with E-state index in [0.29, 0.717) is 0 Å². The Morgan fingerprint density at radius 1 is 0.339 bits per heavy atom. The smallest absolute Gasteiger partial charge is 0.0314 e. The van der Waals surface area contributed by atoms with Crippen LogP contribution in [0.3, 0.4) is 0 Å². The molecule has 0 fully saturated rings. The summed E-state index contributed by atoms with van der Waals surface area (Å²) in [6.07, 6.45) is 30.2. The molecule has 0 spiro atoms. The third-order valence-corrected chi connectivity index (χ3v) is 11.9. The third-order valence-electron chi connectivity index (χ3n) is 11.9. The van der Waals surface area contributed by atoms with Crippen LogP contribution in [0.4, 0.5) is 11.4 Å². The fraction of sp³-hybridized carbons (Fsp3) is 0.228. The van der Waals surface area contributed by atoms with Gasteiger partial charge in [-0.05, 0) is 104 Å². The molecule has 0 amide bonds. The molecule has 7 rings (SSSR count). The number of hydrogen-bond acceptors (Lipinski definition) is 2. The van der Waals surface area contributed by atoms with Crippen LogP contribution in [0.5, 0.6) is 0 Å². The maximum Gasteiger partial charge on any atom is 0.0314 e. The number of fused-ring (bicyclic) bond motifs is 3. The first-order valence-electron chi connectivity index (χ1n) is 21.9. The molecular weight excluding hydrogens is 713 g/mol. The Bertz CT molecular complexity index is 2220. The summed E-state index contributed by atoms with van der Waals surface area (Å²) in [4.78, 5) is 0. The Morgan fingerprint density at radius 3 is 0.915 bits per heavy atom. The summed E-state index contributed by atoms with van der Waals surface area (Å²) in [5.74, 6) is 0. The minimum Gasteiger partial charge on any atom is -0.399 e.